The number of hydrogen-bond donors (Lipinski definition) is 1. The van der Waals surface area contributed by atoms with Gasteiger partial charge in [0, 0.05) is 18.7 Å². The highest BCUT2D eigenvalue weighted by atomic mass is 16.6. The summed E-state index contributed by atoms with van der Waals surface area (Å²) in [5, 5.41) is 13.6. The molecule has 0 saturated heterocycles. The molecule has 1 atom stereocenters. The number of carbonyl (C=O) groups is 1. The van der Waals surface area contributed by atoms with Crippen LogP contribution < -0.4 is 10.1 Å². The Labute approximate surface area is 159 Å². The van der Waals surface area contributed by atoms with Crippen molar-refractivity contribution in [2.45, 2.75) is 19.9 Å². The van der Waals surface area contributed by atoms with E-state index in [4.69, 9.17) is 4.74 Å². The minimum atomic E-state index is -0.479. The van der Waals surface area contributed by atoms with Crippen LogP contribution in [0.15, 0.2) is 54.6 Å². The van der Waals surface area contributed by atoms with Crippen molar-refractivity contribution >= 4 is 11.6 Å². The number of ether oxygens (including phenoxy) is 1. The van der Waals surface area contributed by atoms with Gasteiger partial charge in [0.25, 0.3) is 11.6 Å². The average molecular weight is 371 g/mol. The summed E-state index contributed by atoms with van der Waals surface area (Å²) in [7, 11) is 0. The summed E-state index contributed by atoms with van der Waals surface area (Å²) in [6.45, 7) is 6.29. The van der Waals surface area contributed by atoms with Crippen LogP contribution in [-0.2, 0) is 4.79 Å². The largest absolute Gasteiger partial charge is 0.484 e. The first-order chi connectivity index (χ1) is 13.0. The van der Waals surface area contributed by atoms with Gasteiger partial charge in [-0.1, -0.05) is 44.2 Å². The molecule has 2 aromatic carbocycles. The molecular formula is C20H25N3O4. The van der Waals surface area contributed by atoms with Gasteiger partial charge in [-0.05, 0) is 30.8 Å². The van der Waals surface area contributed by atoms with Gasteiger partial charge in [0.2, 0.25) is 0 Å². The van der Waals surface area contributed by atoms with Gasteiger partial charge in [-0.2, -0.15) is 0 Å². The minimum Gasteiger partial charge on any atom is -0.484 e. The van der Waals surface area contributed by atoms with Gasteiger partial charge >= 0.3 is 0 Å². The summed E-state index contributed by atoms with van der Waals surface area (Å²) in [6.07, 6.45) is 0. The number of amides is 1. The van der Waals surface area contributed by atoms with Crippen LogP contribution >= 0.6 is 0 Å². The molecule has 144 valence electrons. The number of likely N-dealkylation sites (N-methyl/N-ethyl adjacent to an activating group) is 1. The van der Waals surface area contributed by atoms with Gasteiger partial charge in [-0.15, -0.1) is 0 Å². The Morgan fingerprint density at radius 1 is 1.11 bits per heavy atom. The fourth-order valence-electron chi connectivity index (χ4n) is 2.87. The first-order valence-electron chi connectivity index (χ1n) is 8.98. The number of nitro groups is 1. The molecule has 0 fully saturated rings. The summed E-state index contributed by atoms with van der Waals surface area (Å²) in [6, 6.07) is 15.8. The van der Waals surface area contributed by atoms with Crippen LogP contribution in [0, 0.1) is 10.1 Å². The summed E-state index contributed by atoms with van der Waals surface area (Å²) < 4.78 is 5.41. The molecule has 0 heterocycles. The summed E-state index contributed by atoms with van der Waals surface area (Å²) in [5.41, 5.74) is 1.13. The molecule has 2 aromatic rings. The molecule has 7 heteroatoms. The first kappa shape index (κ1) is 20.4. The molecule has 0 aromatic heterocycles. The van der Waals surface area contributed by atoms with Crippen LogP contribution in [0.25, 0.3) is 0 Å². The van der Waals surface area contributed by atoms with Crippen molar-refractivity contribution in [1.29, 1.82) is 0 Å². The van der Waals surface area contributed by atoms with E-state index >= 15 is 0 Å². The number of nitrogens with zero attached hydrogens (tertiary/aromatic N) is 2. The third-order valence-corrected chi connectivity index (χ3v) is 4.35. The van der Waals surface area contributed by atoms with Gasteiger partial charge < -0.3 is 10.1 Å². The standard InChI is InChI=1S/C20H25N3O4/c1-3-22(4-2)19(16-8-6-5-7-9-16)14-21-20(24)15-27-18-12-10-17(11-13-18)23(25)26/h5-13,19H,3-4,14-15H2,1-2H3,(H,21,24). The van der Waals surface area contributed by atoms with Crippen molar-refractivity contribution in [2.75, 3.05) is 26.2 Å². The van der Waals surface area contributed by atoms with Gasteiger partial charge in [-0.25, -0.2) is 0 Å². The van der Waals surface area contributed by atoms with Crippen molar-refractivity contribution < 1.29 is 14.5 Å². The van der Waals surface area contributed by atoms with E-state index in [0.717, 1.165) is 18.7 Å². The fraction of sp³-hybridized carbons (Fsp3) is 0.350. The van der Waals surface area contributed by atoms with Crippen LogP contribution in [0.5, 0.6) is 5.75 Å². The van der Waals surface area contributed by atoms with E-state index in [9.17, 15) is 14.9 Å². The number of rotatable bonds is 10. The molecule has 1 unspecified atom stereocenters. The number of non-ortho nitro benzene ring substituents is 1. The lowest BCUT2D eigenvalue weighted by Gasteiger charge is -2.30. The molecule has 2 rings (SSSR count). The van der Waals surface area contributed by atoms with Crippen molar-refractivity contribution in [3.63, 3.8) is 0 Å². The second-order valence-corrected chi connectivity index (χ2v) is 5.99. The summed E-state index contributed by atoms with van der Waals surface area (Å²) >= 11 is 0. The SMILES string of the molecule is CCN(CC)C(CNC(=O)COc1ccc([N+](=O)[O-])cc1)c1ccccc1. The highest BCUT2D eigenvalue weighted by Gasteiger charge is 2.18. The Kier molecular flexibility index (Phi) is 7.76. The molecule has 0 saturated carbocycles. The second kappa shape index (κ2) is 10.3. The fourth-order valence-corrected chi connectivity index (χ4v) is 2.87. The average Bonchev–Trinajstić information content (AvgIpc) is 2.70. The van der Waals surface area contributed by atoms with Crippen molar-refractivity contribution in [2.24, 2.45) is 0 Å². The van der Waals surface area contributed by atoms with Gasteiger partial charge in [0.05, 0.1) is 11.0 Å². The van der Waals surface area contributed by atoms with Crippen LogP contribution in [0.4, 0.5) is 5.69 Å². The third-order valence-electron chi connectivity index (χ3n) is 4.35. The molecule has 7 nitrogen and oxygen atoms in total. The van der Waals surface area contributed by atoms with E-state index < -0.39 is 4.92 Å². The van der Waals surface area contributed by atoms with Crippen molar-refractivity contribution in [3.05, 3.63) is 70.3 Å². The Morgan fingerprint density at radius 3 is 2.30 bits per heavy atom. The molecule has 0 aliphatic carbocycles. The highest BCUT2D eigenvalue weighted by Crippen LogP contribution is 2.20. The van der Waals surface area contributed by atoms with Crippen molar-refractivity contribution in [3.8, 4) is 5.75 Å². The summed E-state index contributed by atoms with van der Waals surface area (Å²) in [5.74, 6) is 0.181. The Bertz CT molecular complexity index is 731. The van der Waals surface area contributed by atoms with Crippen molar-refractivity contribution in [1.82, 2.24) is 10.2 Å². The van der Waals surface area contributed by atoms with E-state index in [1.807, 2.05) is 18.2 Å². The maximum Gasteiger partial charge on any atom is 0.269 e. The van der Waals surface area contributed by atoms with E-state index in [-0.39, 0.29) is 24.2 Å². The minimum absolute atomic E-state index is 0.0169. The number of carbonyl (C=O) groups excluding carboxylic acids is 1. The maximum atomic E-state index is 12.2. The van der Waals surface area contributed by atoms with Crippen LogP contribution in [0.2, 0.25) is 0 Å². The molecular weight excluding hydrogens is 346 g/mol. The predicted molar refractivity (Wildman–Crippen MR) is 104 cm³/mol. The smallest absolute Gasteiger partial charge is 0.269 e. The monoisotopic (exact) mass is 371 g/mol. The molecule has 1 N–H and O–H groups in total. The van der Waals surface area contributed by atoms with Gasteiger partial charge in [0.1, 0.15) is 5.75 Å². The normalized spacial score (nSPS) is 11.8. The Hall–Kier alpha value is -2.93. The zero-order chi connectivity index (χ0) is 19.6. The highest BCUT2D eigenvalue weighted by molar-refractivity contribution is 5.77. The second-order valence-electron chi connectivity index (χ2n) is 5.99. The maximum absolute atomic E-state index is 12.2. The summed E-state index contributed by atoms with van der Waals surface area (Å²) in [4.78, 5) is 24.6. The number of nitrogens with one attached hydrogen (secondary N) is 1. The zero-order valence-corrected chi connectivity index (χ0v) is 15.6. The molecule has 0 aliphatic heterocycles. The lowest BCUT2D eigenvalue weighted by molar-refractivity contribution is -0.384. The van der Waals surface area contributed by atoms with E-state index in [1.54, 1.807) is 0 Å². The van der Waals surface area contributed by atoms with Crippen LogP contribution in [0.1, 0.15) is 25.5 Å². The van der Waals surface area contributed by atoms with Crippen LogP contribution in [-0.4, -0.2) is 42.0 Å². The molecule has 1 amide bonds. The lowest BCUT2D eigenvalue weighted by atomic mass is 10.1. The number of benzene rings is 2. The Balaban J connectivity index is 1.90. The lowest BCUT2D eigenvalue weighted by Crippen LogP contribution is -2.39. The molecule has 0 spiro atoms. The molecule has 0 radical (unpaired) electrons. The first-order valence-corrected chi connectivity index (χ1v) is 8.98. The Morgan fingerprint density at radius 2 is 1.74 bits per heavy atom. The quantitative estimate of drug-likeness (QED) is 0.512. The molecule has 0 aliphatic rings. The van der Waals surface area contributed by atoms with Gasteiger partial charge in [-0.3, -0.25) is 19.8 Å². The molecule has 27 heavy (non-hydrogen) atoms. The van der Waals surface area contributed by atoms with Gasteiger partial charge in [0.15, 0.2) is 6.61 Å². The topological polar surface area (TPSA) is 84.7 Å². The zero-order valence-electron chi connectivity index (χ0n) is 15.6. The van der Waals surface area contributed by atoms with E-state index in [1.165, 1.54) is 24.3 Å². The van der Waals surface area contributed by atoms with E-state index in [2.05, 4.69) is 36.2 Å². The van der Waals surface area contributed by atoms with E-state index in [0.29, 0.717) is 12.3 Å². The number of hydrogen-bond acceptors (Lipinski definition) is 5. The number of nitro benzene ring substituents is 1. The van der Waals surface area contributed by atoms with Crippen LogP contribution in [0.3, 0.4) is 0 Å². The third kappa shape index (κ3) is 6.07. The predicted octanol–water partition coefficient (Wildman–Crippen LogP) is 3.17. The molecule has 0 bridgehead atoms.